The Morgan fingerprint density at radius 2 is 1.65 bits per heavy atom. The minimum Gasteiger partial charge on any atom is -0.489 e. The number of hydrogen-bond acceptors (Lipinski definition) is 13. The van der Waals surface area contributed by atoms with Crippen LogP contribution in [-0.2, 0) is 13.0 Å². The van der Waals surface area contributed by atoms with E-state index in [0.29, 0.717) is 41.6 Å². The fourth-order valence-electron chi connectivity index (χ4n) is 12.2. The molecule has 1 amide bonds. The summed E-state index contributed by atoms with van der Waals surface area (Å²) in [6.45, 7) is 21.8. The Balaban J connectivity index is 0.658. The van der Waals surface area contributed by atoms with Gasteiger partial charge in [0, 0.05) is 143 Å². The van der Waals surface area contributed by atoms with E-state index >= 15 is 0 Å². The first kappa shape index (κ1) is 51.5. The van der Waals surface area contributed by atoms with Gasteiger partial charge in [0.1, 0.15) is 23.5 Å². The fourth-order valence-corrected chi connectivity index (χ4v) is 12.5. The quantitative estimate of drug-likeness (QED) is 0.0552. The number of pyridine rings is 1. The first-order valence-electron chi connectivity index (χ1n) is 26.7. The molecule has 5 aromatic rings. The molecule has 1 aliphatic carbocycles. The highest BCUT2D eigenvalue weighted by Gasteiger charge is 2.64. The number of ether oxygens (including phenoxy) is 2. The summed E-state index contributed by atoms with van der Waals surface area (Å²) in [5, 5.41) is 25.1. The monoisotopic (exact) mass is 1000 g/mol. The van der Waals surface area contributed by atoms with Crippen molar-refractivity contribution in [3.05, 3.63) is 94.8 Å². The van der Waals surface area contributed by atoms with Gasteiger partial charge in [0.25, 0.3) is 5.91 Å². The van der Waals surface area contributed by atoms with Crippen molar-refractivity contribution >= 4 is 46.2 Å². The zero-order valence-electron chi connectivity index (χ0n) is 43.5. The Bertz CT molecular complexity index is 2560. The Morgan fingerprint density at radius 3 is 2.35 bits per heavy atom. The third-order valence-corrected chi connectivity index (χ3v) is 16.4. The number of anilines is 4. The van der Waals surface area contributed by atoms with Gasteiger partial charge in [0.15, 0.2) is 5.65 Å². The number of halogens is 1. The van der Waals surface area contributed by atoms with Gasteiger partial charge in [-0.3, -0.25) is 4.79 Å². The summed E-state index contributed by atoms with van der Waals surface area (Å²) < 4.78 is 14.5. The number of rotatable bonds is 20. The molecule has 0 radical (unpaired) electrons. The standard InChI is InChI=1S/C56H78ClN11O4/c1-7-41-37-61-68-48(34-49(62-51(41)68)67-24-9-8-11-44(67)22-31-69)59-35-40-12-19-50(60-36-40)71-32-10-23-64-27-29-65(30-28-64)38-39-20-25-66(26-21-39)43-15-13-42(14-16-43)52(70)63-53-55(2,3)54(56(53,4)5)72-45-17-18-47(58-6)46(57)33-45/h12-19,33-34,36-37,39,44,53-54,58-59,69H,7-11,20-32,35,38H2,1-6H3,(H,63,70)/t44-,53-,54-/m1/s1. The van der Waals surface area contributed by atoms with Crippen LogP contribution in [0.1, 0.15) is 101 Å². The van der Waals surface area contributed by atoms with Gasteiger partial charge in [0.2, 0.25) is 5.88 Å². The second-order valence-electron chi connectivity index (χ2n) is 21.7. The number of piperidine rings is 2. The molecule has 4 fully saturated rings. The van der Waals surface area contributed by atoms with Crippen molar-refractivity contribution in [2.45, 2.75) is 111 Å². The van der Waals surface area contributed by atoms with E-state index in [1.54, 1.807) is 0 Å². The average molecular weight is 1000 g/mol. The molecule has 4 aliphatic rings. The molecule has 0 spiro atoms. The van der Waals surface area contributed by atoms with E-state index in [0.717, 1.165) is 124 Å². The van der Waals surface area contributed by atoms with E-state index in [1.165, 1.54) is 31.5 Å². The molecule has 0 unspecified atom stereocenters. The number of aliphatic hydroxyl groups is 1. The fraction of sp³-hybridized carbons (Fsp3) is 0.571. The first-order chi connectivity index (χ1) is 34.8. The van der Waals surface area contributed by atoms with Gasteiger partial charge in [-0.1, -0.05) is 52.3 Å². The Labute approximate surface area is 432 Å². The number of fused-ring (bicyclic) bond motifs is 1. The lowest BCUT2D eigenvalue weighted by molar-refractivity contribution is -0.164. The Hall–Kier alpha value is -5.35. The van der Waals surface area contributed by atoms with Gasteiger partial charge < -0.3 is 50.1 Å². The molecule has 1 atom stereocenters. The summed E-state index contributed by atoms with van der Waals surface area (Å²) in [7, 11) is 1.85. The van der Waals surface area contributed by atoms with Crippen molar-refractivity contribution in [2.24, 2.45) is 16.7 Å². The third kappa shape index (κ3) is 11.5. The van der Waals surface area contributed by atoms with Crippen LogP contribution in [0.3, 0.4) is 0 Å². The van der Waals surface area contributed by atoms with Gasteiger partial charge in [-0.2, -0.15) is 9.61 Å². The van der Waals surface area contributed by atoms with Crippen LogP contribution >= 0.6 is 11.6 Å². The summed E-state index contributed by atoms with van der Waals surface area (Å²) in [5.74, 6) is 3.87. The topological polar surface area (TPSA) is 148 Å². The lowest BCUT2D eigenvalue weighted by Crippen LogP contribution is -2.74. The molecule has 0 bridgehead atoms. The maximum Gasteiger partial charge on any atom is 0.251 e. The summed E-state index contributed by atoms with van der Waals surface area (Å²) in [6.07, 6.45) is 12.0. The molecule has 2 aromatic carbocycles. The second kappa shape index (κ2) is 22.8. The lowest BCUT2D eigenvalue weighted by atomic mass is 9.49. The van der Waals surface area contributed by atoms with Gasteiger partial charge in [-0.05, 0) is 99.2 Å². The predicted molar refractivity (Wildman–Crippen MR) is 289 cm³/mol. The number of nitrogens with one attached hydrogen (secondary N) is 3. The number of aromatic nitrogens is 4. The summed E-state index contributed by atoms with van der Waals surface area (Å²) in [6, 6.07) is 20.3. The number of aryl methyl sites for hydroxylation is 1. The molecule has 388 valence electrons. The average Bonchev–Trinajstić information content (AvgIpc) is 3.82. The van der Waals surface area contributed by atoms with Gasteiger partial charge in [0.05, 0.1) is 23.5 Å². The van der Waals surface area contributed by atoms with Crippen LogP contribution in [0.25, 0.3) is 5.65 Å². The van der Waals surface area contributed by atoms with Crippen LogP contribution in [0.15, 0.2) is 73.1 Å². The van der Waals surface area contributed by atoms with E-state index in [2.05, 4.69) is 105 Å². The second-order valence-corrected chi connectivity index (χ2v) is 22.1. The maximum atomic E-state index is 13.6. The summed E-state index contributed by atoms with van der Waals surface area (Å²) >= 11 is 6.44. The van der Waals surface area contributed by atoms with Crippen molar-refractivity contribution in [2.75, 3.05) is 99.6 Å². The number of aliphatic hydroxyl groups excluding tert-OH is 1. The van der Waals surface area contributed by atoms with Gasteiger partial charge >= 0.3 is 0 Å². The van der Waals surface area contributed by atoms with Crippen LogP contribution in [0.4, 0.5) is 23.0 Å². The first-order valence-corrected chi connectivity index (χ1v) is 27.0. The summed E-state index contributed by atoms with van der Waals surface area (Å²) in [4.78, 5) is 33.4. The molecule has 6 heterocycles. The minimum absolute atomic E-state index is 0.0511. The van der Waals surface area contributed by atoms with Crippen molar-refractivity contribution in [1.29, 1.82) is 0 Å². The van der Waals surface area contributed by atoms with Crippen LogP contribution < -0.4 is 35.2 Å². The zero-order chi connectivity index (χ0) is 50.4. The zero-order valence-corrected chi connectivity index (χ0v) is 44.3. The minimum atomic E-state index is -0.279. The molecular formula is C56H78ClN11O4. The maximum absolute atomic E-state index is 13.6. The van der Waals surface area contributed by atoms with Crippen LogP contribution in [0.2, 0.25) is 5.02 Å². The molecule has 3 aliphatic heterocycles. The predicted octanol–water partition coefficient (Wildman–Crippen LogP) is 8.65. The SMILES string of the molecule is CCc1cnn2c(NCc3ccc(OCCCN4CCN(CC5CCN(c6ccc(C(=O)N[C@H]7C(C)(C)[C@H](Oc8ccc(NC)c(Cl)c8)C7(C)C)cc6)CC5)CC4)nc3)cc(N3CCCC[C@@H]3CCO)nc12. The summed E-state index contributed by atoms with van der Waals surface area (Å²) in [5.41, 5.74) is 5.22. The highest BCUT2D eigenvalue weighted by molar-refractivity contribution is 6.33. The molecule has 1 saturated carbocycles. The largest absolute Gasteiger partial charge is 0.489 e. The Kier molecular flexibility index (Phi) is 16.3. The molecule has 4 N–H and O–H groups in total. The molecular weight excluding hydrogens is 926 g/mol. The number of nitrogens with zero attached hydrogens (tertiary/aromatic N) is 8. The number of carbonyl (C=O) groups is 1. The Morgan fingerprint density at radius 1 is 0.889 bits per heavy atom. The van der Waals surface area contributed by atoms with Crippen molar-refractivity contribution < 1.29 is 19.4 Å². The number of carbonyl (C=O) groups excluding carboxylic acids is 1. The van der Waals surface area contributed by atoms with Crippen LogP contribution in [0.5, 0.6) is 11.6 Å². The van der Waals surface area contributed by atoms with Gasteiger partial charge in [-0.25, -0.2) is 9.97 Å². The molecule has 72 heavy (non-hydrogen) atoms. The highest BCUT2D eigenvalue weighted by atomic mass is 35.5. The van der Waals surface area contributed by atoms with Crippen LogP contribution in [0, 0.1) is 16.7 Å². The highest BCUT2D eigenvalue weighted by Crippen LogP contribution is 2.55. The lowest BCUT2D eigenvalue weighted by Gasteiger charge is -2.63. The third-order valence-electron chi connectivity index (χ3n) is 16.1. The van der Waals surface area contributed by atoms with Crippen molar-refractivity contribution in [1.82, 2.24) is 34.7 Å². The smallest absolute Gasteiger partial charge is 0.251 e. The number of piperazine rings is 1. The number of hydrogen-bond donors (Lipinski definition) is 4. The van der Waals surface area contributed by atoms with Gasteiger partial charge in [-0.15, -0.1) is 0 Å². The number of amides is 1. The van der Waals surface area contributed by atoms with E-state index in [-0.39, 0.29) is 35.5 Å². The van der Waals surface area contributed by atoms with E-state index < -0.39 is 0 Å². The van der Waals surface area contributed by atoms with E-state index in [9.17, 15) is 9.90 Å². The number of benzene rings is 2. The molecule has 3 saturated heterocycles. The van der Waals surface area contributed by atoms with E-state index in [4.69, 9.17) is 26.1 Å². The molecule has 3 aromatic heterocycles. The normalized spacial score (nSPS) is 21.6. The van der Waals surface area contributed by atoms with Crippen molar-refractivity contribution in [3.8, 4) is 11.6 Å². The van der Waals surface area contributed by atoms with Crippen molar-refractivity contribution in [3.63, 3.8) is 0 Å². The molecule has 9 rings (SSSR count). The molecule has 15 nitrogen and oxygen atoms in total. The van der Waals surface area contributed by atoms with Crippen LogP contribution in [-0.4, -0.2) is 138 Å². The molecule has 16 heteroatoms. The van der Waals surface area contributed by atoms with E-state index in [1.807, 2.05) is 60.4 Å².